The SMILES string of the molecule is CCCCCCCCCS(=O)(=O)N1Cc2ccccc2C1=O. The van der Waals surface area contributed by atoms with Crippen molar-refractivity contribution >= 4 is 15.9 Å². The standard InChI is InChI=1S/C17H25NO3S/c1-2-3-4-5-6-7-10-13-22(20,21)18-14-15-11-8-9-12-16(15)17(18)19/h8-9,11-12H,2-7,10,13-14H2,1H3. The van der Waals surface area contributed by atoms with Gasteiger partial charge in [-0.15, -0.1) is 0 Å². The van der Waals surface area contributed by atoms with Crippen molar-refractivity contribution in [1.29, 1.82) is 0 Å². The molecule has 0 spiro atoms. The van der Waals surface area contributed by atoms with Gasteiger partial charge in [-0.3, -0.25) is 4.79 Å². The number of amides is 1. The quantitative estimate of drug-likeness (QED) is 0.651. The molecule has 0 atom stereocenters. The van der Waals surface area contributed by atoms with E-state index in [4.69, 9.17) is 0 Å². The van der Waals surface area contributed by atoms with Gasteiger partial charge in [-0.25, -0.2) is 12.7 Å². The molecule has 1 heterocycles. The van der Waals surface area contributed by atoms with Crippen LogP contribution < -0.4 is 0 Å². The minimum atomic E-state index is -3.49. The number of benzene rings is 1. The molecule has 1 aliphatic rings. The average molecular weight is 323 g/mol. The highest BCUT2D eigenvalue weighted by Gasteiger charge is 2.35. The van der Waals surface area contributed by atoms with Crippen molar-refractivity contribution in [1.82, 2.24) is 4.31 Å². The Morgan fingerprint density at radius 1 is 1.00 bits per heavy atom. The molecule has 0 N–H and O–H groups in total. The lowest BCUT2D eigenvalue weighted by molar-refractivity contribution is 0.0879. The molecular formula is C17H25NO3S. The van der Waals surface area contributed by atoms with Crippen molar-refractivity contribution in [3.8, 4) is 0 Å². The molecule has 0 radical (unpaired) electrons. The Balaban J connectivity index is 1.81. The second-order valence-corrected chi connectivity index (χ2v) is 7.92. The van der Waals surface area contributed by atoms with Crippen LogP contribution in [0.1, 0.15) is 67.8 Å². The molecule has 0 saturated carbocycles. The summed E-state index contributed by atoms with van der Waals surface area (Å²) in [6, 6.07) is 7.11. The second kappa shape index (κ2) is 7.77. The summed E-state index contributed by atoms with van der Waals surface area (Å²) in [5, 5.41) is 0. The van der Waals surface area contributed by atoms with Crippen molar-refractivity contribution in [3.63, 3.8) is 0 Å². The van der Waals surface area contributed by atoms with E-state index in [-0.39, 0.29) is 18.2 Å². The maximum Gasteiger partial charge on any atom is 0.267 e. The van der Waals surface area contributed by atoms with Gasteiger partial charge in [0, 0.05) is 5.56 Å². The summed E-state index contributed by atoms with van der Waals surface area (Å²) in [5.41, 5.74) is 1.32. The molecule has 22 heavy (non-hydrogen) atoms. The maximum atomic E-state index is 12.4. The fourth-order valence-corrected chi connectivity index (χ4v) is 4.28. The summed E-state index contributed by atoms with van der Waals surface area (Å²) in [7, 11) is -3.49. The lowest BCUT2D eigenvalue weighted by atomic mass is 10.1. The summed E-state index contributed by atoms with van der Waals surface area (Å²) in [6.07, 6.45) is 7.48. The van der Waals surface area contributed by atoms with Crippen LogP contribution in [0.2, 0.25) is 0 Å². The lowest BCUT2D eigenvalue weighted by Crippen LogP contribution is -2.33. The highest BCUT2D eigenvalue weighted by atomic mass is 32.2. The number of hydrogen-bond acceptors (Lipinski definition) is 3. The van der Waals surface area contributed by atoms with Gasteiger partial charge in [0.05, 0.1) is 12.3 Å². The number of carbonyl (C=O) groups excluding carboxylic acids is 1. The van der Waals surface area contributed by atoms with Gasteiger partial charge in [0.25, 0.3) is 5.91 Å². The van der Waals surface area contributed by atoms with Gasteiger partial charge in [-0.05, 0) is 18.1 Å². The molecule has 5 heteroatoms. The first-order valence-corrected chi connectivity index (χ1v) is 9.80. The Morgan fingerprint density at radius 2 is 1.64 bits per heavy atom. The van der Waals surface area contributed by atoms with Crippen LogP contribution >= 0.6 is 0 Å². The average Bonchev–Trinajstić information content (AvgIpc) is 2.85. The van der Waals surface area contributed by atoms with E-state index in [0.717, 1.165) is 22.7 Å². The fourth-order valence-electron chi connectivity index (χ4n) is 2.80. The zero-order valence-corrected chi connectivity index (χ0v) is 14.1. The molecule has 0 unspecified atom stereocenters. The number of hydrogen-bond donors (Lipinski definition) is 0. The minimum Gasteiger partial charge on any atom is -0.268 e. The molecule has 1 aromatic rings. The number of nitrogens with zero attached hydrogens (tertiary/aromatic N) is 1. The Kier molecular flexibility index (Phi) is 6.00. The molecule has 0 saturated heterocycles. The van der Waals surface area contributed by atoms with Crippen LogP contribution in [0.5, 0.6) is 0 Å². The van der Waals surface area contributed by atoms with E-state index < -0.39 is 10.0 Å². The summed E-state index contributed by atoms with van der Waals surface area (Å²) < 4.78 is 25.7. The van der Waals surface area contributed by atoms with Crippen LogP contribution in [0.25, 0.3) is 0 Å². The highest BCUT2D eigenvalue weighted by Crippen LogP contribution is 2.25. The van der Waals surface area contributed by atoms with Crippen LogP contribution in [0.3, 0.4) is 0 Å². The van der Waals surface area contributed by atoms with Crippen LogP contribution in [-0.4, -0.2) is 24.4 Å². The van der Waals surface area contributed by atoms with Crippen molar-refractivity contribution in [3.05, 3.63) is 35.4 Å². The molecule has 0 aromatic heterocycles. The van der Waals surface area contributed by atoms with E-state index in [2.05, 4.69) is 6.92 Å². The molecule has 1 aromatic carbocycles. The molecule has 1 aliphatic heterocycles. The number of unbranched alkanes of at least 4 members (excludes halogenated alkanes) is 6. The van der Waals surface area contributed by atoms with Crippen molar-refractivity contribution in [2.75, 3.05) is 5.75 Å². The minimum absolute atomic E-state index is 0.0699. The zero-order valence-electron chi connectivity index (χ0n) is 13.3. The first-order chi connectivity index (χ1) is 10.6. The molecule has 122 valence electrons. The summed E-state index contributed by atoms with van der Waals surface area (Å²) in [4.78, 5) is 12.2. The Labute approximate surface area is 133 Å². The van der Waals surface area contributed by atoms with Gasteiger partial charge < -0.3 is 0 Å². The number of sulfonamides is 1. The van der Waals surface area contributed by atoms with Crippen molar-refractivity contribution in [2.45, 2.75) is 58.4 Å². The summed E-state index contributed by atoms with van der Waals surface area (Å²) in [6.45, 7) is 2.37. The van der Waals surface area contributed by atoms with E-state index >= 15 is 0 Å². The number of rotatable bonds is 9. The summed E-state index contributed by atoms with van der Waals surface area (Å²) in [5.74, 6) is -0.306. The van der Waals surface area contributed by atoms with E-state index in [9.17, 15) is 13.2 Å². The normalized spacial score (nSPS) is 14.4. The Morgan fingerprint density at radius 3 is 2.32 bits per heavy atom. The number of carbonyl (C=O) groups is 1. The largest absolute Gasteiger partial charge is 0.268 e. The molecule has 4 nitrogen and oxygen atoms in total. The third-order valence-electron chi connectivity index (χ3n) is 4.13. The first-order valence-electron chi connectivity index (χ1n) is 8.19. The summed E-state index contributed by atoms with van der Waals surface area (Å²) >= 11 is 0. The van der Waals surface area contributed by atoms with Crippen LogP contribution in [0, 0.1) is 0 Å². The van der Waals surface area contributed by atoms with E-state index in [1.165, 1.54) is 25.7 Å². The Hall–Kier alpha value is -1.36. The molecule has 1 amide bonds. The van der Waals surface area contributed by atoms with Gasteiger partial charge in [0.2, 0.25) is 10.0 Å². The van der Waals surface area contributed by atoms with Gasteiger partial charge in [0.1, 0.15) is 0 Å². The van der Waals surface area contributed by atoms with Crippen molar-refractivity contribution in [2.24, 2.45) is 0 Å². The highest BCUT2D eigenvalue weighted by molar-refractivity contribution is 7.89. The second-order valence-electron chi connectivity index (χ2n) is 5.91. The van der Waals surface area contributed by atoms with Gasteiger partial charge in [-0.2, -0.15) is 0 Å². The first kappa shape index (κ1) is 17.0. The predicted octanol–water partition coefficient (Wildman–Crippen LogP) is 3.72. The van der Waals surface area contributed by atoms with E-state index in [0.29, 0.717) is 12.0 Å². The van der Waals surface area contributed by atoms with E-state index in [1.807, 2.05) is 12.1 Å². The molecule has 0 fully saturated rings. The lowest BCUT2D eigenvalue weighted by Gasteiger charge is -2.16. The topological polar surface area (TPSA) is 54.5 Å². The molecule has 0 bridgehead atoms. The van der Waals surface area contributed by atoms with Crippen LogP contribution in [0.15, 0.2) is 24.3 Å². The monoisotopic (exact) mass is 323 g/mol. The smallest absolute Gasteiger partial charge is 0.267 e. The van der Waals surface area contributed by atoms with Crippen LogP contribution in [0.4, 0.5) is 0 Å². The Bertz CT molecular complexity index is 610. The third-order valence-corrected chi connectivity index (χ3v) is 5.90. The van der Waals surface area contributed by atoms with E-state index in [1.54, 1.807) is 12.1 Å². The van der Waals surface area contributed by atoms with Gasteiger partial charge >= 0.3 is 0 Å². The maximum absolute atomic E-state index is 12.4. The van der Waals surface area contributed by atoms with Gasteiger partial charge in [0.15, 0.2) is 0 Å². The molecule has 0 aliphatic carbocycles. The fraction of sp³-hybridized carbons (Fsp3) is 0.588. The zero-order chi connectivity index (χ0) is 16.0. The number of fused-ring (bicyclic) bond motifs is 1. The van der Waals surface area contributed by atoms with Gasteiger partial charge in [-0.1, -0.05) is 63.6 Å². The predicted molar refractivity (Wildman–Crippen MR) is 88.1 cm³/mol. The van der Waals surface area contributed by atoms with Crippen molar-refractivity contribution < 1.29 is 13.2 Å². The van der Waals surface area contributed by atoms with Crippen LogP contribution in [-0.2, 0) is 16.6 Å². The molecular weight excluding hydrogens is 298 g/mol. The third kappa shape index (κ3) is 4.09. The molecule has 2 rings (SSSR count).